The normalized spacial score (nSPS) is 11.9. The number of rotatable bonds is 3. The molecular formula is C22H18N2O3S. The summed E-state index contributed by atoms with van der Waals surface area (Å²) < 4.78 is 13.9. The molecule has 0 saturated heterocycles. The Bertz CT molecular complexity index is 1330. The van der Waals surface area contributed by atoms with Gasteiger partial charge in [-0.25, -0.2) is 0 Å². The average molecular weight is 390 g/mol. The number of fused-ring (bicyclic) bond motifs is 2. The van der Waals surface area contributed by atoms with Crippen molar-refractivity contribution in [1.82, 2.24) is 4.57 Å². The third-order valence-electron chi connectivity index (χ3n) is 4.68. The Morgan fingerprint density at radius 1 is 1.29 bits per heavy atom. The van der Waals surface area contributed by atoms with Crippen molar-refractivity contribution in [3.63, 3.8) is 0 Å². The van der Waals surface area contributed by atoms with Crippen molar-refractivity contribution in [1.29, 1.82) is 0 Å². The highest BCUT2D eigenvalue weighted by Gasteiger charge is 2.15. The molecule has 0 saturated carbocycles. The van der Waals surface area contributed by atoms with Crippen molar-refractivity contribution < 1.29 is 13.9 Å². The van der Waals surface area contributed by atoms with Crippen LogP contribution in [-0.4, -0.2) is 17.6 Å². The topological polar surface area (TPSA) is 56.7 Å². The molecule has 140 valence electrons. The average Bonchev–Trinajstić information content (AvgIpc) is 3.25. The Morgan fingerprint density at radius 2 is 2.07 bits per heavy atom. The Balaban J connectivity index is 1.86. The number of amides is 1. The van der Waals surface area contributed by atoms with Crippen LogP contribution < -0.4 is 9.54 Å². The second kappa shape index (κ2) is 7.02. The van der Waals surface area contributed by atoms with E-state index in [9.17, 15) is 4.79 Å². The number of aromatic nitrogens is 1. The molecule has 0 bridgehead atoms. The largest absolute Gasteiger partial charge is 0.493 e. The SMILES string of the molecule is C#CCn1c(=NC(=O)c2cc3cccc(OC)c3o2)sc2cc(C)c(C)cc21. The molecule has 1 amide bonds. The summed E-state index contributed by atoms with van der Waals surface area (Å²) in [5.74, 6) is 2.93. The van der Waals surface area contributed by atoms with E-state index in [1.54, 1.807) is 19.2 Å². The number of aryl methyl sites for hydroxylation is 2. The predicted molar refractivity (Wildman–Crippen MR) is 111 cm³/mol. The van der Waals surface area contributed by atoms with Crippen LogP contribution in [0.1, 0.15) is 21.7 Å². The van der Waals surface area contributed by atoms with Crippen LogP contribution in [0.15, 0.2) is 45.8 Å². The number of ether oxygens (including phenoxy) is 1. The first-order valence-corrected chi connectivity index (χ1v) is 9.53. The molecular weight excluding hydrogens is 372 g/mol. The quantitative estimate of drug-likeness (QED) is 0.486. The van der Waals surface area contributed by atoms with Gasteiger partial charge in [-0.3, -0.25) is 4.79 Å². The predicted octanol–water partition coefficient (Wildman–Crippen LogP) is 4.45. The molecule has 0 radical (unpaired) electrons. The molecule has 2 heterocycles. The highest BCUT2D eigenvalue weighted by Crippen LogP contribution is 2.29. The zero-order valence-electron chi connectivity index (χ0n) is 15.8. The van der Waals surface area contributed by atoms with Gasteiger partial charge in [0.15, 0.2) is 21.9 Å². The molecule has 0 spiro atoms. The molecule has 0 aliphatic rings. The van der Waals surface area contributed by atoms with E-state index in [-0.39, 0.29) is 5.76 Å². The van der Waals surface area contributed by atoms with Crippen molar-refractivity contribution in [2.45, 2.75) is 20.4 Å². The standard InChI is InChI=1S/C22H18N2O3S/c1-5-9-24-16-10-13(2)14(3)11-19(16)28-22(24)23-21(25)18-12-15-7-6-8-17(26-4)20(15)27-18/h1,6-8,10-12H,9H2,2-4H3. The molecule has 2 aromatic carbocycles. The number of nitrogens with zero attached hydrogens (tertiary/aromatic N) is 2. The van der Waals surface area contributed by atoms with Crippen LogP contribution in [0.3, 0.4) is 0 Å². The maximum atomic E-state index is 12.8. The van der Waals surface area contributed by atoms with Gasteiger partial charge in [0.2, 0.25) is 0 Å². The van der Waals surface area contributed by atoms with E-state index in [2.05, 4.69) is 36.9 Å². The minimum atomic E-state index is -0.455. The maximum Gasteiger partial charge on any atom is 0.315 e. The first-order chi connectivity index (χ1) is 13.5. The molecule has 2 aromatic heterocycles. The van der Waals surface area contributed by atoms with Crippen LogP contribution in [0.2, 0.25) is 0 Å². The van der Waals surface area contributed by atoms with Crippen LogP contribution in [0.4, 0.5) is 0 Å². The van der Waals surface area contributed by atoms with Gasteiger partial charge in [-0.1, -0.05) is 29.4 Å². The summed E-state index contributed by atoms with van der Waals surface area (Å²) in [6.07, 6.45) is 5.55. The molecule has 0 N–H and O–H groups in total. The van der Waals surface area contributed by atoms with E-state index in [1.165, 1.54) is 22.5 Å². The number of thiazole rings is 1. The van der Waals surface area contributed by atoms with Crippen molar-refractivity contribution in [2.24, 2.45) is 4.99 Å². The van der Waals surface area contributed by atoms with E-state index in [0.717, 1.165) is 15.6 Å². The molecule has 0 aliphatic heterocycles. The van der Waals surface area contributed by atoms with Crippen molar-refractivity contribution in [3.8, 4) is 18.1 Å². The summed E-state index contributed by atoms with van der Waals surface area (Å²) in [4.78, 5) is 17.6. The molecule has 4 aromatic rings. The molecule has 28 heavy (non-hydrogen) atoms. The van der Waals surface area contributed by atoms with Gasteiger partial charge in [0.1, 0.15) is 0 Å². The fraction of sp³-hybridized carbons (Fsp3) is 0.182. The van der Waals surface area contributed by atoms with Gasteiger partial charge in [-0.15, -0.1) is 6.42 Å². The van der Waals surface area contributed by atoms with E-state index < -0.39 is 5.91 Å². The zero-order chi connectivity index (χ0) is 19.8. The molecule has 0 fully saturated rings. The van der Waals surface area contributed by atoms with E-state index >= 15 is 0 Å². The van der Waals surface area contributed by atoms with Crippen LogP contribution in [0.5, 0.6) is 5.75 Å². The summed E-state index contributed by atoms with van der Waals surface area (Å²) in [6, 6.07) is 11.3. The highest BCUT2D eigenvalue weighted by atomic mass is 32.1. The van der Waals surface area contributed by atoms with Crippen LogP contribution in [0, 0.1) is 26.2 Å². The Labute approximate surface area is 165 Å². The van der Waals surface area contributed by atoms with E-state index in [0.29, 0.717) is 22.7 Å². The second-order valence-corrected chi connectivity index (χ2v) is 7.49. The van der Waals surface area contributed by atoms with E-state index in [4.69, 9.17) is 15.6 Å². The number of carbonyl (C=O) groups is 1. The van der Waals surface area contributed by atoms with Gasteiger partial charge in [0, 0.05) is 5.39 Å². The van der Waals surface area contributed by atoms with Crippen molar-refractivity contribution in [3.05, 3.63) is 58.1 Å². The maximum absolute atomic E-state index is 12.8. The number of furan rings is 1. The minimum Gasteiger partial charge on any atom is -0.493 e. The summed E-state index contributed by atoms with van der Waals surface area (Å²) in [5.41, 5.74) is 3.86. The number of benzene rings is 2. The van der Waals surface area contributed by atoms with Crippen LogP contribution >= 0.6 is 11.3 Å². The Hall–Kier alpha value is -3.30. The van der Waals surface area contributed by atoms with Crippen LogP contribution in [0.25, 0.3) is 21.2 Å². The molecule has 4 rings (SSSR count). The molecule has 5 nitrogen and oxygen atoms in total. The van der Waals surface area contributed by atoms with Gasteiger partial charge in [-0.2, -0.15) is 4.99 Å². The summed E-state index contributed by atoms with van der Waals surface area (Å²) in [7, 11) is 1.56. The van der Waals surface area contributed by atoms with Gasteiger partial charge in [0.05, 0.1) is 23.9 Å². The number of methoxy groups -OCH3 is 1. The second-order valence-electron chi connectivity index (χ2n) is 6.49. The fourth-order valence-electron chi connectivity index (χ4n) is 3.10. The first-order valence-electron chi connectivity index (χ1n) is 8.71. The number of para-hydroxylation sites is 1. The van der Waals surface area contributed by atoms with Crippen molar-refractivity contribution in [2.75, 3.05) is 7.11 Å². The Morgan fingerprint density at radius 3 is 2.82 bits per heavy atom. The molecule has 0 atom stereocenters. The molecule has 0 unspecified atom stereocenters. The minimum absolute atomic E-state index is 0.163. The van der Waals surface area contributed by atoms with Crippen molar-refractivity contribution >= 4 is 38.4 Å². The third kappa shape index (κ3) is 3.00. The lowest BCUT2D eigenvalue weighted by Crippen LogP contribution is -2.16. The van der Waals surface area contributed by atoms with Gasteiger partial charge < -0.3 is 13.7 Å². The zero-order valence-corrected chi connectivity index (χ0v) is 16.6. The number of carbonyl (C=O) groups excluding carboxylic acids is 1. The lowest BCUT2D eigenvalue weighted by molar-refractivity contribution is 0.0973. The number of hydrogen-bond donors (Lipinski definition) is 0. The fourth-order valence-corrected chi connectivity index (χ4v) is 4.20. The molecule has 6 heteroatoms. The summed E-state index contributed by atoms with van der Waals surface area (Å²) >= 11 is 1.44. The third-order valence-corrected chi connectivity index (χ3v) is 5.72. The smallest absolute Gasteiger partial charge is 0.315 e. The van der Waals surface area contributed by atoms with Gasteiger partial charge in [-0.05, 0) is 49.2 Å². The summed E-state index contributed by atoms with van der Waals surface area (Å²) in [5, 5.41) is 0.789. The number of terminal acetylenes is 1. The monoisotopic (exact) mass is 390 g/mol. The molecule has 0 aliphatic carbocycles. The van der Waals surface area contributed by atoms with E-state index in [1.807, 2.05) is 16.7 Å². The highest BCUT2D eigenvalue weighted by molar-refractivity contribution is 7.16. The van der Waals surface area contributed by atoms with Gasteiger partial charge in [0.25, 0.3) is 0 Å². The Kier molecular flexibility index (Phi) is 4.54. The number of hydrogen-bond acceptors (Lipinski definition) is 4. The van der Waals surface area contributed by atoms with Crippen LogP contribution in [-0.2, 0) is 6.54 Å². The lowest BCUT2D eigenvalue weighted by atomic mass is 10.1. The lowest BCUT2D eigenvalue weighted by Gasteiger charge is -2.03. The van der Waals surface area contributed by atoms with Gasteiger partial charge >= 0.3 is 5.91 Å². The first kappa shape index (κ1) is 18.1. The summed E-state index contributed by atoms with van der Waals surface area (Å²) in [6.45, 7) is 4.45.